The summed E-state index contributed by atoms with van der Waals surface area (Å²) in [7, 11) is 0. The van der Waals surface area contributed by atoms with Crippen LogP contribution in [0, 0.1) is 6.92 Å². The molecule has 1 fully saturated rings. The molecular formula is C23H24N4O4S. The molecule has 9 heteroatoms. The van der Waals surface area contributed by atoms with Crippen LogP contribution in [-0.4, -0.2) is 27.9 Å². The number of nitrogens with two attached hydrogens (primary N) is 3. The first-order chi connectivity index (χ1) is 15.2. The van der Waals surface area contributed by atoms with Crippen molar-refractivity contribution in [1.82, 2.24) is 4.98 Å². The molecule has 2 atom stereocenters. The fraction of sp³-hybridized carbons (Fsp3) is 0.348. The van der Waals surface area contributed by atoms with E-state index in [1.54, 1.807) is 24.4 Å². The van der Waals surface area contributed by atoms with Crippen molar-refractivity contribution in [3.63, 3.8) is 0 Å². The number of aromatic carboxylic acids is 1. The minimum absolute atomic E-state index is 0.0113. The smallest absolute Gasteiger partial charge is 0.346 e. The molecule has 7 N–H and O–H groups in total. The third-order valence-electron chi connectivity index (χ3n) is 6.61. The number of carboxylic acids is 1. The van der Waals surface area contributed by atoms with Crippen molar-refractivity contribution in [2.75, 3.05) is 5.73 Å². The van der Waals surface area contributed by atoms with Crippen LogP contribution in [-0.2, 0) is 10.3 Å². The molecule has 0 amide bonds. The van der Waals surface area contributed by atoms with Gasteiger partial charge < -0.3 is 27.0 Å². The highest BCUT2D eigenvalue weighted by Gasteiger charge is 2.49. The molecule has 0 radical (unpaired) electrons. The third kappa shape index (κ3) is 2.85. The number of carbonyl (C=O) groups is 2. The summed E-state index contributed by atoms with van der Waals surface area (Å²) in [5.41, 5.74) is 20.2. The molecule has 2 aliphatic rings. The summed E-state index contributed by atoms with van der Waals surface area (Å²) in [5.74, 6) is -1.13. The molecule has 0 spiro atoms. The molecule has 2 aliphatic carbocycles. The number of aryl methyl sites for hydroxylation is 1. The fourth-order valence-electron chi connectivity index (χ4n) is 5.00. The molecule has 2 aromatic heterocycles. The highest BCUT2D eigenvalue weighted by Crippen LogP contribution is 2.49. The Kier molecular flexibility index (Phi) is 4.74. The van der Waals surface area contributed by atoms with Crippen LogP contribution in [0.25, 0.3) is 10.1 Å². The van der Waals surface area contributed by atoms with Gasteiger partial charge in [0.25, 0.3) is 0 Å². The summed E-state index contributed by atoms with van der Waals surface area (Å²) in [4.78, 5) is 29.9. The Bertz CT molecular complexity index is 1280. The number of carbonyl (C=O) groups excluding carboxylic acids is 1. The zero-order chi connectivity index (χ0) is 22.8. The van der Waals surface area contributed by atoms with Crippen LogP contribution >= 0.6 is 11.3 Å². The van der Waals surface area contributed by atoms with E-state index >= 15 is 0 Å². The molecule has 2 heterocycles. The first-order valence-electron chi connectivity index (χ1n) is 10.5. The number of aromatic nitrogens is 1. The quantitative estimate of drug-likeness (QED) is 0.440. The molecule has 3 aromatic rings. The summed E-state index contributed by atoms with van der Waals surface area (Å²) in [5, 5.41) is 10.2. The highest BCUT2D eigenvalue weighted by molar-refractivity contribution is 7.21. The lowest BCUT2D eigenvalue weighted by atomic mass is 9.70. The zero-order valence-corrected chi connectivity index (χ0v) is 18.4. The van der Waals surface area contributed by atoms with E-state index in [2.05, 4.69) is 4.98 Å². The Morgan fingerprint density at radius 2 is 2.00 bits per heavy atom. The Hall–Kier alpha value is -3.01. The van der Waals surface area contributed by atoms with E-state index in [1.165, 1.54) is 0 Å². The first-order valence-corrected chi connectivity index (χ1v) is 11.4. The summed E-state index contributed by atoms with van der Waals surface area (Å²) >= 11 is 1.02. The number of nitrogen functional groups attached to an aromatic ring is 1. The lowest BCUT2D eigenvalue weighted by Crippen LogP contribution is -2.53. The minimum atomic E-state index is -1.59. The van der Waals surface area contributed by atoms with Gasteiger partial charge in [-0.05, 0) is 49.8 Å². The Morgan fingerprint density at radius 1 is 1.28 bits per heavy atom. The number of Topliss-reactive ketones (excluding diaryl/α,β-unsaturated/α-hetero) is 1. The van der Waals surface area contributed by atoms with Gasteiger partial charge >= 0.3 is 5.97 Å². The van der Waals surface area contributed by atoms with E-state index in [0.717, 1.165) is 42.6 Å². The number of nitrogens with zero attached hydrogens (tertiary/aromatic N) is 1. The van der Waals surface area contributed by atoms with Crippen molar-refractivity contribution in [3.8, 4) is 5.88 Å². The number of benzene rings is 1. The van der Waals surface area contributed by atoms with Crippen molar-refractivity contribution >= 4 is 38.9 Å². The standard InChI is InChI=1S/C23H24N4O4S/c1-10-8-15(31-11-4-2-3-5-11)27-9-13(10)23(26)12-6-7-14(24)19-16(12)17(18(25)21(23)28)20(32-19)22(29)30/h6-9,11,18H,2-5,24-26H2,1H3,(H,29,30). The number of carboxylic acid groups (broad SMARTS) is 1. The average molecular weight is 453 g/mol. The number of rotatable bonds is 4. The molecule has 0 saturated heterocycles. The topological polar surface area (TPSA) is 155 Å². The second-order valence-corrected chi connectivity index (χ2v) is 9.59. The molecule has 8 nitrogen and oxygen atoms in total. The van der Waals surface area contributed by atoms with E-state index < -0.39 is 23.3 Å². The van der Waals surface area contributed by atoms with E-state index in [0.29, 0.717) is 32.8 Å². The van der Waals surface area contributed by atoms with Gasteiger partial charge in [0.15, 0.2) is 5.78 Å². The number of anilines is 1. The molecule has 32 heavy (non-hydrogen) atoms. The number of hydrogen-bond donors (Lipinski definition) is 4. The van der Waals surface area contributed by atoms with Crippen LogP contribution in [0.4, 0.5) is 5.69 Å². The Morgan fingerprint density at radius 3 is 2.66 bits per heavy atom. The van der Waals surface area contributed by atoms with E-state index in [4.69, 9.17) is 21.9 Å². The molecule has 166 valence electrons. The second kappa shape index (κ2) is 7.26. The van der Waals surface area contributed by atoms with E-state index in [1.807, 2.05) is 6.92 Å². The first kappa shape index (κ1) is 20.9. The summed E-state index contributed by atoms with van der Waals surface area (Å²) < 4.78 is 6.57. The number of ether oxygens (including phenoxy) is 1. The molecule has 0 bridgehead atoms. The van der Waals surface area contributed by atoms with Gasteiger partial charge in [-0.1, -0.05) is 6.07 Å². The number of pyridine rings is 1. The lowest BCUT2D eigenvalue weighted by Gasteiger charge is -2.37. The van der Waals surface area contributed by atoms with Crippen LogP contribution in [0.5, 0.6) is 5.88 Å². The van der Waals surface area contributed by atoms with Gasteiger partial charge in [-0.15, -0.1) is 11.3 Å². The molecule has 1 saturated carbocycles. The average Bonchev–Trinajstić information content (AvgIpc) is 3.40. The molecule has 2 unspecified atom stereocenters. The molecular weight excluding hydrogens is 428 g/mol. The third-order valence-corrected chi connectivity index (χ3v) is 7.85. The molecule has 5 rings (SSSR count). The van der Waals surface area contributed by atoms with Gasteiger partial charge in [0.1, 0.15) is 16.5 Å². The van der Waals surface area contributed by atoms with Gasteiger partial charge in [0.2, 0.25) is 5.88 Å². The molecule has 0 aliphatic heterocycles. The Balaban J connectivity index is 1.69. The van der Waals surface area contributed by atoms with E-state index in [9.17, 15) is 14.7 Å². The van der Waals surface area contributed by atoms with Gasteiger partial charge in [-0.2, -0.15) is 0 Å². The van der Waals surface area contributed by atoms with Gasteiger partial charge in [-0.25, -0.2) is 9.78 Å². The SMILES string of the molecule is Cc1cc(OC2CCCC2)ncc1C1(N)C(=O)C(N)c2c(C(=O)O)sc3c(N)ccc1c23. The maximum absolute atomic E-state index is 13.6. The van der Waals surface area contributed by atoms with Gasteiger partial charge in [0.05, 0.1) is 10.7 Å². The van der Waals surface area contributed by atoms with Crippen molar-refractivity contribution < 1.29 is 19.4 Å². The number of thiophene rings is 1. The summed E-state index contributed by atoms with van der Waals surface area (Å²) in [6, 6.07) is 3.94. The van der Waals surface area contributed by atoms with Crippen molar-refractivity contribution in [1.29, 1.82) is 0 Å². The van der Waals surface area contributed by atoms with E-state index in [-0.39, 0.29) is 16.5 Å². The molecule has 1 aromatic carbocycles. The lowest BCUT2D eigenvalue weighted by molar-refractivity contribution is -0.124. The van der Waals surface area contributed by atoms with Crippen LogP contribution < -0.4 is 21.9 Å². The van der Waals surface area contributed by atoms with Gasteiger partial charge in [0, 0.05) is 34.5 Å². The second-order valence-electron chi connectivity index (χ2n) is 8.57. The fourth-order valence-corrected chi connectivity index (χ4v) is 6.14. The Labute approximate surface area is 188 Å². The summed E-state index contributed by atoms with van der Waals surface area (Å²) in [6.07, 6.45) is 6.04. The van der Waals surface area contributed by atoms with Crippen LogP contribution in [0.2, 0.25) is 0 Å². The van der Waals surface area contributed by atoms with Crippen molar-refractivity contribution in [2.24, 2.45) is 11.5 Å². The monoisotopic (exact) mass is 452 g/mol. The summed E-state index contributed by atoms with van der Waals surface area (Å²) in [6.45, 7) is 1.85. The largest absolute Gasteiger partial charge is 0.477 e. The number of ketones is 1. The normalized spacial score (nSPS) is 23.1. The van der Waals surface area contributed by atoms with Crippen molar-refractivity contribution in [3.05, 3.63) is 51.5 Å². The van der Waals surface area contributed by atoms with Crippen LogP contribution in [0.1, 0.15) is 63.7 Å². The van der Waals surface area contributed by atoms with Crippen LogP contribution in [0.3, 0.4) is 0 Å². The maximum Gasteiger partial charge on any atom is 0.346 e. The number of hydrogen-bond acceptors (Lipinski definition) is 8. The minimum Gasteiger partial charge on any atom is -0.477 e. The zero-order valence-electron chi connectivity index (χ0n) is 17.6. The predicted octanol–water partition coefficient (Wildman–Crippen LogP) is 2.99. The van der Waals surface area contributed by atoms with Crippen molar-refractivity contribution in [2.45, 2.75) is 50.3 Å². The predicted molar refractivity (Wildman–Crippen MR) is 122 cm³/mol. The highest BCUT2D eigenvalue weighted by atomic mass is 32.1. The van der Waals surface area contributed by atoms with Crippen LogP contribution in [0.15, 0.2) is 24.4 Å². The van der Waals surface area contributed by atoms with Gasteiger partial charge in [-0.3, -0.25) is 4.79 Å². The maximum atomic E-state index is 13.6.